The number of alkyl halides is 3. The summed E-state index contributed by atoms with van der Waals surface area (Å²) in [6.45, 7) is 5.51. The van der Waals surface area contributed by atoms with E-state index in [0.717, 1.165) is 6.07 Å². The van der Waals surface area contributed by atoms with E-state index < -0.39 is 29.3 Å². The van der Waals surface area contributed by atoms with Gasteiger partial charge in [0.1, 0.15) is 11.9 Å². The number of amides is 1. The van der Waals surface area contributed by atoms with E-state index in [1.165, 1.54) is 24.3 Å². The van der Waals surface area contributed by atoms with E-state index >= 15 is 0 Å². The van der Waals surface area contributed by atoms with Crippen LogP contribution in [-0.2, 0) is 22.3 Å². The molecule has 34 heavy (non-hydrogen) atoms. The van der Waals surface area contributed by atoms with Crippen molar-refractivity contribution in [1.29, 1.82) is 0 Å². The van der Waals surface area contributed by atoms with Crippen molar-refractivity contribution in [2.24, 2.45) is 4.99 Å². The molecule has 0 saturated heterocycles. The second-order valence-electron chi connectivity index (χ2n) is 7.88. The molecule has 9 heteroatoms. The van der Waals surface area contributed by atoms with Crippen molar-refractivity contribution in [2.45, 2.75) is 44.1 Å². The van der Waals surface area contributed by atoms with Crippen molar-refractivity contribution in [1.82, 2.24) is 5.32 Å². The average molecular weight is 476 g/mol. The van der Waals surface area contributed by atoms with Gasteiger partial charge in [-0.3, -0.25) is 4.79 Å². The van der Waals surface area contributed by atoms with Crippen molar-refractivity contribution in [3.05, 3.63) is 77.9 Å². The van der Waals surface area contributed by atoms with Crippen LogP contribution in [0.4, 0.5) is 13.2 Å². The lowest BCUT2D eigenvalue weighted by Crippen LogP contribution is -2.50. The van der Waals surface area contributed by atoms with Crippen molar-refractivity contribution >= 4 is 11.8 Å². The molecule has 6 nitrogen and oxygen atoms in total. The highest BCUT2D eigenvalue weighted by Crippen LogP contribution is 2.34. The van der Waals surface area contributed by atoms with Crippen molar-refractivity contribution in [3.63, 3.8) is 0 Å². The zero-order chi connectivity index (χ0) is 24.8. The smallest absolute Gasteiger partial charge is 0.416 e. The van der Waals surface area contributed by atoms with Gasteiger partial charge >= 0.3 is 6.18 Å². The molecule has 1 heterocycles. The molecule has 182 valence electrons. The van der Waals surface area contributed by atoms with Crippen LogP contribution in [-0.4, -0.2) is 41.8 Å². The summed E-state index contributed by atoms with van der Waals surface area (Å²) in [5, 5.41) is 11.4. The van der Waals surface area contributed by atoms with Crippen molar-refractivity contribution in [3.8, 4) is 5.75 Å². The second kappa shape index (κ2) is 10.7. The molecule has 2 N–H and O–H groups in total. The third kappa shape index (κ3) is 5.59. The molecule has 0 unspecified atom stereocenters. The minimum atomic E-state index is -4.52. The first-order chi connectivity index (χ1) is 16.2. The van der Waals surface area contributed by atoms with Gasteiger partial charge in [-0.05, 0) is 42.8 Å². The fourth-order valence-corrected chi connectivity index (χ4v) is 3.68. The molecule has 2 aromatic rings. The highest BCUT2D eigenvalue weighted by Gasteiger charge is 2.49. The number of aliphatic hydroxyl groups is 1. The maximum Gasteiger partial charge on any atom is 0.416 e. The fourth-order valence-electron chi connectivity index (χ4n) is 3.68. The largest absolute Gasteiger partial charge is 0.494 e. The quantitative estimate of drug-likeness (QED) is 0.397. The topological polar surface area (TPSA) is 80.2 Å². The summed E-state index contributed by atoms with van der Waals surface area (Å²) < 4.78 is 51.3. The molecule has 0 saturated carbocycles. The van der Waals surface area contributed by atoms with Crippen LogP contribution < -0.4 is 10.1 Å². The molecule has 0 bridgehead atoms. The molecule has 1 aliphatic rings. The molecule has 0 aromatic heterocycles. The summed E-state index contributed by atoms with van der Waals surface area (Å²) >= 11 is 0. The predicted molar refractivity (Wildman–Crippen MR) is 122 cm³/mol. The molecule has 2 aromatic carbocycles. The summed E-state index contributed by atoms with van der Waals surface area (Å²) in [5.74, 6) is 0.320. The summed E-state index contributed by atoms with van der Waals surface area (Å²) in [7, 11) is 0. The predicted octanol–water partition coefficient (Wildman–Crippen LogP) is 4.26. The number of aliphatic imine (C=N–C) groups is 1. The van der Waals surface area contributed by atoms with Gasteiger partial charge in [-0.25, -0.2) is 4.99 Å². The third-order valence-electron chi connectivity index (χ3n) is 5.55. The number of ether oxygens (including phenoxy) is 2. The number of carbonyl (C=O) groups excluding carboxylic acids is 1. The van der Waals surface area contributed by atoms with E-state index in [9.17, 15) is 18.0 Å². The summed E-state index contributed by atoms with van der Waals surface area (Å²) in [5.41, 5.74) is -1.57. The summed E-state index contributed by atoms with van der Waals surface area (Å²) in [6, 6.07) is 12.0. The lowest BCUT2D eigenvalue weighted by Gasteiger charge is -2.27. The molecular formula is C25H27F3N2O4. The molecule has 0 spiro atoms. The van der Waals surface area contributed by atoms with Gasteiger partial charge in [0.2, 0.25) is 5.90 Å². The zero-order valence-electron chi connectivity index (χ0n) is 18.8. The van der Waals surface area contributed by atoms with Gasteiger partial charge in [-0.1, -0.05) is 24.3 Å². The van der Waals surface area contributed by atoms with Crippen LogP contribution in [0.3, 0.4) is 0 Å². The normalized spacial score (nSPS) is 19.8. The number of carbonyl (C=O) groups is 1. The van der Waals surface area contributed by atoms with Gasteiger partial charge in [0.25, 0.3) is 5.91 Å². The fraction of sp³-hybridized carbons (Fsp3) is 0.360. The van der Waals surface area contributed by atoms with Crippen LogP contribution in [0.2, 0.25) is 0 Å². The number of halogens is 3. The molecular weight excluding hydrogens is 449 g/mol. The summed E-state index contributed by atoms with van der Waals surface area (Å²) in [6.07, 6.45) is -3.00. The molecule has 2 atom stereocenters. The maximum atomic E-state index is 13.3. The van der Waals surface area contributed by atoms with E-state index in [2.05, 4.69) is 16.9 Å². The highest BCUT2D eigenvalue weighted by atomic mass is 19.4. The number of nitrogens with one attached hydrogen (secondary N) is 1. The van der Waals surface area contributed by atoms with Crippen LogP contribution in [0.25, 0.3) is 0 Å². The number of rotatable bonds is 10. The lowest BCUT2D eigenvalue weighted by molar-refractivity contribution is -0.138. The lowest BCUT2D eigenvalue weighted by atomic mass is 9.89. The molecule has 0 fully saturated rings. The first kappa shape index (κ1) is 25.3. The number of aliphatic hydroxyl groups excluding tert-OH is 1. The monoisotopic (exact) mass is 476 g/mol. The number of hydrogen-bond donors (Lipinski definition) is 2. The standard InChI is InChI=1S/C25H27F3N2O4/c1-3-13-24(23(32)29-16-19-7-4-5-8-21(19)25(26,27)28)17(2)34-22(30-24)18-9-11-20(12-10-18)33-15-6-14-31/h3-5,7-12,17,31H,1,6,13-16H2,2H3,(H,29,32)/t17-,24-/m1/s1. The molecule has 0 radical (unpaired) electrons. The Morgan fingerprint density at radius 2 is 1.97 bits per heavy atom. The molecule has 1 aliphatic heterocycles. The average Bonchev–Trinajstić information content (AvgIpc) is 3.15. The minimum absolute atomic E-state index is 0.0374. The van der Waals surface area contributed by atoms with Gasteiger partial charge in [0, 0.05) is 31.6 Å². The van der Waals surface area contributed by atoms with Gasteiger partial charge < -0.3 is 19.9 Å². The van der Waals surface area contributed by atoms with Crippen LogP contribution in [0.5, 0.6) is 5.75 Å². The first-order valence-electron chi connectivity index (χ1n) is 10.9. The zero-order valence-corrected chi connectivity index (χ0v) is 18.8. The highest BCUT2D eigenvalue weighted by molar-refractivity contribution is 6.00. The van der Waals surface area contributed by atoms with Crippen LogP contribution >= 0.6 is 0 Å². The Balaban J connectivity index is 1.79. The molecule has 3 rings (SSSR count). The Hall–Kier alpha value is -3.33. The van der Waals surface area contributed by atoms with E-state index in [4.69, 9.17) is 14.6 Å². The Morgan fingerprint density at radius 1 is 1.26 bits per heavy atom. The minimum Gasteiger partial charge on any atom is -0.494 e. The third-order valence-corrected chi connectivity index (χ3v) is 5.55. The number of benzene rings is 2. The summed E-state index contributed by atoms with van der Waals surface area (Å²) in [4.78, 5) is 17.8. The number of hydrogen-bond acceptors (Lipinski definition) is 5. The maximum absolute atomic E-state index is 13.3. The van der Waals surface area contributed by atoms with E-state index in [1.807, 2.05) is 0 Å². The second-order valence-corrected chi connectivity index (χ2v) is 7.88. The van der Waals surface area contributed by atoms with Crippen molar-refractivity contribution in [2.75, 3.05) is 13.2 Å². The van der Waals surface area contributed by atoms with Crippen LogP contribution in [0.15, 0.2) is 66.2 Å². The van der Waals surface area contributed by atoms with Crippen LogP contribution in [0, 0.1) is 0 Å². The van der Waals surface area contributed by atoms with Crippen molar-refractivity contribution < 1.29 is 32.5 Å². The van der Waals surface area contributed by atoms with E-state index in [1.54, 1.807) is 31.2 Å². The van der Waals surface area contributed by atoms with E-state index in [-0.39, 0.29) is 31.0 Å². The Labute approximate surface area is 196 Å². The number of nitrogens with zero attached hydrogens (tertiary/aromatic N) is 1. The van der Waals surface area contributed by atoms with Crippen LogP contribution in [0.1, 0.15) is 36.5 Å². The van der Waals surface area contributed by atoms with Gasteiger partial charge in [-0.15, -0.1) is 6.58 Å². The SMILES string of the molecule is C=CC[C@@]1(C(=O)NCc2ccccc2C(F)(F)F)N=C(c2ccc(OCCCO)cc2)O[C@@H]1C. The van der Waals surface area contributed by atoms with Gasteiger partial charge in [0.15, 0.2) is 5.54 Å². The Bertz CT molecular complexity index is 1040. The molecule has 0 aliphatic carbocycles. The van der Waals surface area contributed by atoms with E-state index in [0.29, 0.717) is 24.3 Å². The van der Waals surface area contributed by atoms with Gasteiger partial charge in [0.05, 0.1) is 12.2 Å². The van der Waals surface area contributed by atoms with Gasteiger partial charge in [-0.2, -0.15) is 13.2 Å². The first-order valence-corrected chi connectivity index (χ1v) is 10.9. The Morgan fingerprint density at radius 3 is 2.62 bits per heavy atom. The Kier molecular flexibility index (Phi) is 7.98. The molecule has 1 amide bonds.